The third kappa shape index (κ3) is 4.48. The maximum atomic E-state index is 12.2. The molecule has 3 rings (SSSR count). The van der Waals surface area contributed by atoms with Gasteiger partial charge < -0.3 is 14.8 Å². The van der Waals surface area contributed by atoms with E-state index in [0.717, 1.165) is 5.69 Å². The molecule has 1 fully saturated rings. The van der Waals surface area contributed by atoms with Crippen LogP contribution in [0.4, 0.5) is 0 Å². The number of nitrogens with one attached hydrogen (secondary N) is 1. The molecule has 0 radical (unpaired) electrons. The zero-order valence-electron chi connectivity index (χ0n) is 13.5. The highest BCUT2D eigenvalue weighted by atomic mass is 16.5. The summed E-state index contributed by atoms with van der Waals surface area (Å²) in [6.45, 7) is 2.95. The Morgan fingerprint density at radius 1 is 1.33 bits per heavy atom. The average molecular weight is 328 g/mol. The monoisotopic (exact) mass is 328 g/mol. The number of nitrogens with zero attached hydrogens (tertiary/aromatic N) is 3. The highest BCUT2D eigenvalue weighted by Crippen LogP contribution is 2.17. The second-order valence-electron chi connectivity index (χ2n) is 5.70. The largest absolute Gasteiger partial charge is 0.484 e. The summed E-state index contributed by atoms with van der Waals surface area (Å²) in [6.07, 6.45) is 7.10. The first-order chi connectivity index (χ1) is 11.7. The van der Waals surface area contributed by atoms with E-state index in [0.29, 0.717) is 31.1 Å². The van der Waals surface area contributed by atoms with Crippen LogP contribution in [0.5, 0.6) is 5.75 Å². The van der Waals surface area contributed by atoms with Gasteiger partial charge in [0.25, 0.3) is 0 Å². The minimum absolute atomic E-state index is 0.0990. The molecule has 7 nitrogen and oxygen atoms in total. The number of aryl methyl sites for hydroxylation is 1. The van der Waals surface area contributed by atoms with Crippen LogP contribution in [-0.2, 0) is 16.0 Å². The van der Waals surface area contributed by atoms with Gasteiger partial charge in [-0.1, -0.05) is 0 Å². The molecule has 0 saturated carbocycles. The first-order valence-electron chi connectivity index (χ1n) is 7.92. The van der Waals surface area contributed by atoms with E-state index in [1.165, 1.54) is 0 Å². The maximum Gasteiger partial charge on any atom is 0.226 e. The highest BCUT2D eigenvalue weighted by Gasteiger charge is 2.29. The molecule has 1 N–H and O–H groups in total. The standard InChI is InChI=1S/C17H20N4O3/c1-12-2-3-14(10-20-12)24-16-11-23-7-4-15(16)21-17(22)8-13-9-18-5-6-19-13/h2-3,5-6,9-10,15-16H,4,7-8,11H2,1H3,(H,21,22)/t15-,16+/m1/s1. The predicted octanol–water partition coefficient (Wildman–Crippen LogP) is 1.08. The van der Waals surface area contributed by atoms with Crippen molar-refractivity contribution >= 4 is 5.91 Å². The van der Waals surface area contributed by atoms with E-state index >= 15 is 0 Å². The summed E-state index contributed by atoms with van der Waals surface area (Å²) in [5.74, 6) is 0.572. The molecule has 0 spiro atoms. The lowest BCUT2D eigenvalue weighted by Gasteiger charge is -2.32. The van der Waals surface area contributed by atoms with Crippen LogP contribution < -0.4 is 10.1 Å². The van der Waals surface area contributed by atoms with Gasteiger partial charge in [0, 0.05) is 30.9 Å². The van der Waals surface area contributed by atoms with Crippen LogP contribution in [0.1, 0.15) is 17.8 Å². The van der Waals surface area contributed by atoms with E-state index in [-0.39, 0.29) is 24.5 Å². The number of pyridine rings is 1. The molecule has 2 aromatic rings. The first kappa shape index (κ1) is 16.3. The van der Waals surface area contributed by atoms with E-state index in [1.807, 2.05) is 19.1 Å². The van der Waals surface area contributed by atoms with Crippen molar-refractivity contribution < 1.29 is 14.3 Å². The van der Waals surface area contributed by atoms with Gasteiger partial charge in [-0.15, -0.1) is 0 Å². The number of aromatic nitrogens is 3. The molecular weight excluding hydrogens is 308 g/mol. The third-order valence-corrected chi connectivity index (χ3v) is 3.78. The lowest BCUT2D eigenvalue weighted by atomic mass is 10.1. The quantitative estimate of drug-likeness (QED) is 0.884. The molecule has 0 aliphatic carbocycles. The van der Waals surface area contributed by atoms with E-state index in [4.69, 9.17) is 9.47 Å². The van der Waals surface area contributed by atoms with Crippen molar-refractivity contribution in [2.45, 2.75) is 31.9 Å². The van der Waals surface area contributed by atoms with Crippen molar-refractivity contribution in [1.82, 2.24) is 20.3 Å². The Bertz CT molecular complexity index is 663. The second kappa shape index (κ2) is 7.83. The molecule has 1 aliphatic rings. The van der Waals surface area contributed by atoms with E-state index in [1.54, 1.807) is 24.8 Å². The van der Waals surface area contributed by atoms with Crippen molar-refractivity contribution in [2.24, 2.45) is 0 Å². The van der Waals surface area contributed by atoms with Gasteiger partial charge in [-0.25, -0.2) is 0 Å². The van der Waals surface area contributed by atoms with Gasteiger partial charge in [0.05, 0.1) is 31.0 Å². The van der Waals surface area contributed by atoms with Crippen molar-refractivity contribution in [3.63, 3.8) is 0 Å². The first-order valence-corrected chi connectivity index (χ1v) is 7.92. The van der Waals surface area contributed by atoms with Gasteiger partial charge >= 0.3 is 0 Å². The molecular formula is C17H20N4O3. The number of carbonyl (C=O) groups is 1. The van der Waals surface area contributed by atoms with Crippen LogP contribution in [0.2, 0.25) is 0 Å². The molecule has 2 atom stereocenters. The minimum Gasteiger partial charge on any atom is -0.484 e. The van der Waals surface area contributed by atoms with Gasteiger partial charge in [0.2, 0.25) is 5.91 Å². The third-order valence-electron chi connectivity index (χ3n) is 3.78. The Morgan fingerprint density at radius 2 is 2.25 bits per heavy atom. The number of hydrogen-bond donors (Lipinski definition) is 1. The van der Waals surface area contributed by atoms with Crippen LogP contribution in [0.25, 0.3) is 0 Å². The Kier molecular flexibility index (Phi) is 5.32. The fraction of sp³-hybridized carbons (Fsp3) is 0.412. The van der Waals surface area contributed by atoms with Crippen molar-refractivity contribution in [2.75, 3.05) is 13.2 Å². The van der Waals surface area contributed by atoms with Gasteiger partial charge in [0.1, 0.15) is 11.9 Å². The van der Waals surface area contributed by atoms with Crippen LogP contribution in [0.15, 0.2) is 36.9 Å². The number of hydrogen-bond acceptors (Lipinski definition) is 6. The smallest absolute Gasteiger partial charge is 0.226 e. The van der Waals surface area contributed by atoms with Gasteiger partial charge in [0.15, 0.2) is 0 Å². The molecule has 1 amide bonds. The number of carbonyl (C=O) groups excluding carboxylic acids is 1. The second-order valence-corrected chi connectivity index (χ2v) is 5.70. The fourth-order valence-corrected chi connectivity index (χ4v) is 2.54. The normalized spacial score (nSPS) is 20.4. The molecule has 126 valence electrons. The van der Waals surface area contributed by atoms with E-state index < -0.39 is 0 Å². The van der Waals surface area contributed by atoms with Crippen LogP contribution in [0, 0.1) is 6.92 Å². The summed E-state index contributed by atoms with van der Waals surface area (Å²) in [7, 11) is 0. The predicted molar refractivity (Wildman–Crippen MR) is 86.5 cm³/mol. The fourth-order valence-electron chi connectivity index (χ4n) is 2.54. The molecule has 24 heavy (non-hydrogen) atoms. The Hall–Kier alpha value is -2.54. The number of rotatable bonds is 5. The van der Waals surface area contributed by atoms with Crippen LogP contribution >= 0.6 is 0 Å². The molecule has 1 saturated heterocycles. The van der Waals surface area contributed by atoms with Crippen LogP contribution in [0.3, 0.4) is 0 Å². The summed E-state index contributed by atoms with van der Waals surface area (Å²) < 4.78 is 11.4. The van der Waals surface area contributed by atoms with Crippen molar-refractivity contribution in [3.05, 3.63) is 48.3 Å². The number of amides is 1. The van der Waals surface area contributed by atoms with Crippen molar-refractivity contribution in [3.8, 4) is 5.75 Å². The molecule has 3 heterocycles. The molecule has 0 aromatic carbocycles. The summed E-state index contributed by atoms with van der Waals surface area (Å²) in [6, 6.07) is 3.65. The SMILES string of the molecule is Cc1ccc(O[C@H]2COCC[C@H]2NC(=O)Cc2cnccn2)cn1. The molecule has 2 aromatic heterocycles. The lowest BCUT2D eigenvalue weighted by Crippen LogP contribution is -2.51. The number of ether oxygens (including phenoxy) is 2. The molecule has 0 unspecified atom stereocenters. The maximum absolute atomic E-state index is 12.2. The van der Waals surface area contributed by atoms with Crippen molar-refractivity contribution in [1.29, 1.82) is 0 Å². The Labute approximate surface area is 140 Å². The highest BCUT2D eigenvalue weighted by molar-refractivity contribution is 5.78. The molecule has 0 bridgehead atoms. The van der Waals surface area contributed by atoms with Gasteiger partial charge in [-0.3, -0.25) is 19.7 Å². The van der Waals surface area contributed by atoms with E-state index in [9.17, 15) is 4.79 Å². The van der Waals surface area contributed by atoms with E-state index in [2.05, 4.69) is 20.3 Å². The molecule has 7 heteroatoms. The summed E-state index contributed by atoms with van der Waals surface area (Å²) in [4.78, 5) is 24.5. The zero-order valence-corrected chi connectivity index (χ0v) is 13.5. The zero-order chi connectivity index (χ0) is 16.8. The van der Waals surface area contributed by atoms with Crippen LogP contribution in [-0.4, -0.2) is 46.2 Å². The molecule has 1 aliphatic heterocycles. The minimum atomic E-state index is -0.242. The Morgan fingerprint density at radius 3 is 3.00 bits per heavy atom. The Balaban J connectivity index is 1.59. The lowest BCUT2D eigenvalue weighted by molar-refractivity contribution is -0.123. The summed E-state index contributed by atoms with van der Waals surface area (Å²) >= 11 is 0. The summed E-state index contributed by atoms with van der Waals surface area (Å²) in [5.41, 5.74) is 1.57. The average Bonchev–Trinajstić information content (AvgIpc) is 2.59. The van der Waals surface area contributed by atoms with Gasteiger partial charge in [-0.2, -0.15) is 0 Å². The van der Waals surface area contributed by atoms with Gasteiger partial charge in [-0.05, 0) is 25.5 Å². The topological polar surface area (TPSA) is 86.2 Å². The summed E-state index contributed by atoms with van der Waals surface area (Å²) in [5, 5.41) is 3.02.